The van der Waals surface area contributed by atoms with E-state index in [0.29, 0.717) is 6.42 Å². The Balaban J connectivity index is 2.10. The van der Waals surface area contributed by atoms with Crippen LogP contribution in [-0.2, 0) is 19.1 Å². The minimum absolute atomic E-state index is 0.140. The zero-order chi connectivity index (χ0) is 16.7. The van der Waals surface area contributed by atoms with Crippen LogP contribution < -0.4 is 4.90 Å². The zero-order valence-corrected chi connectivity index (χ0v) is 13.2. The topological polar surface area (TPSA) is 76.2 Å². The Morgan fingerprint density at radius 1 is 1.13 bits per heavy atom. The fraction of sp³-hybridized carbons (Fsp3) is 0.438. The molecule has 7 heteroatoms. The highest BCUT2D eigenvalue weighted by Crippen LogP contribution is 2.50. The van der Waals surface area contributed by atoms with Crippen molar-refractivity contribution in [1.29, 1.82) is 0 Å². The highest BCUT2D eigenvalue weighted by molar-refractivity contribution is 5.97. The first-order chi connectivity index (χ1) is 11.0. The Bertz CT molecular complexity index is 674. The van der Waals surface area contributed by atoms with E-state index in [0.717, 1.165) is 11.3 Å². The summed E-state index contributed by atoms with van der Waals surface area (Å²) in [5.74, 6) is -0.839. The third-order valence-corrected chi connectivity index (χ3v) is 4.52. The summed E-state index contributed by atoms with van der Waals surface area (Å²) in [5, 5.41) is 0. The van der Waals surface area contributed by atoms with E-state index in [1.165, 1.54) is 26.0 Å². The van der Waals surface area contributed by atoms with Gasteiger partial charge in [0.25, 0.3) is 0 Å². The van der Waals surface area contributed by atoms with E-state index in [1.807, 2.05) is 24.3 Å². The SMILES string of the molecule is COC(=O)[C@@H]1CC2c3ccccc3N(C(C)=O)C2N1C(=O)OC. The molecule has 0 spiro atoms. The minimum atomic E-state index is -0.766. The first-order valence-electron chi connectivity index (χ1n) is 7.34. The summed E-state index contributed by atoms with van der Waals surface area (Å²) in [7, 11) is 2.53. The molecule has 1 fully saturated rings. The fourth-order valence-electron chi connectivity index (χ4n) is 3.65. The summed E-state index contributed by atoms with van der Waals surface area (Å²) < 4.78 is 9.65. The van der Waals surface area contributed by atoms with Gasteiger partial charge < -0.3 is 9.47 Å². The average molecular weight is 318 g/mol. The number of rotatable bonds is 1. The number of hydrogen-bond donors (Lipinski definition) is 0. The van der Waals surface area contributed by atoms with Crippen LogP contribution in [0.3, 0.4) is 0 Å². The maximum atomic E-state index is 12.3. The van der Waals surface area contributed by atoms with Crippen LogP contribution in [0, 0.1) is 0 Å². The number of carbonyl (C=O) groups excluding carboxylic acids is 3. The molecule has 23 heavy (non-hydrogen) atoms. The van der Waals surface area contributed by atoms with Crippen molar-refractivity contribution in [2.75, 3.05) is 19.1 Å². The molecule has 0 bridgehead atoms. The summed E-state index contributed by atoms with van der Waals surface area (Å²) in [4.78, 5) is 39.4. The predicted molar refractivity (Wildman–Crippen MR) is 80.8 cm³/mol. The van der Waals surface area contributed by atoms with E-state index >= 15 is 0 Å². The maximum Gasteiger partial charge on any atom is 0.411 e. The molecule has 2 unspecified atom stereocenters. The Kier molecular flexibility index (Phi) is 3.71. The molecule has 1 aromatic carbocycles. The number of hydrogen-bond acceptors (Lipinski definition) is 5. The van der Waals surface area contributed by atoms with E-state index in [4.69, 9.17) is 9.47 Å². The summed E-state index contributed by atoms with van der Waals surface area (Å²) in [6.07, 6.45) is -0.818. The number of methoxy groups -OCH3 is 2. The van der Waals surface area contributed by atoms with Gasteiger partial charge >= 0.3 is 12.1 Å². The van der Waals surface area contributed by atoms with Crippen molar-refractivity contribution in [1.82, 2.24) is 4.90 Å². The number of benzene rings is 1. The predicted octanol–water partition coefficient (Wildman–Crippen LogP) is 1.48. The van der Waals surface area contributed by atoms with Gasteiger partial charge in [0.15, 0.2) is 0 Å². The van der Waals surface area contributed by atoms with Gasteiger partial charge in [0.1, 0.15) is 12.2 Å². The maximum absolute atomic E-state index is 12.3. The summed E-state index contributed by atoms with van der Waals surface area (Å²) in [5.41, 5.74) is 1.72. The third-order valence-electron chi connectivity index (χ3n) is 4.52. The lowest BCUT2D eigenvalue weighted by molar-refractivity contribution is -0.146. The first kappa shape index (κ1) is 15.3. The number of carbonyl (C=O) groups is 3. The number of ether oxygens (including phenoxy) is 2. The Labute approximate surface area is 133 Å². The van der Waals surface area contributed by atoms with Crippen LogP contribution in [-0.4, -0.2) is 49.3 Å². The van der Waals surface area contributed by atoms with Gasteiger partial charge in [0.05, 0.1) is 14.2 Å². The molecule has 0 radical (unpaired) electrons. The number of para-hydroxylation sites is 1. The van der Waals surface area contributed by atoms with E-state index in [9.17, 15) is 14.4 Å². The summed E-state index contributed by atoms with van der Waals surface area (Å²) >= 11 is 0. The molecule has 1 saturated heterocycles. The molecule has 2 amide bonds. The molecule has 1 aromatic rings. The lowest BCUT2D eigenvalue weighted by Gasteiger charge is -2.33. The summed E-state index contributed by atoms with van der Waals surface area (Å²) in [6, 6.07) is 6.73. The fourth-order valence-corrected chi connectivity index (χ4v) is 3.65. The molecule has 2 aliphatic rings. The monoisotopic (exact) mass is 318 g/mol. The number of likely N-dealkylation sites (tertiary alicyclic amines) is 1. The van der Waals surface area contributed by atoms with Crippen LogP contribution in [0.15, 0.2) is 24.3 Å². The molecular weight excluding hydrogens is 300 g/mol. The van der Waals surface area contributed by atoms with Crippen molar-refractivity contribution in [3.05, 3.63) is 29.8 Å². The molecule has 0 N–H and O–H groups in total. The lowest BCUT2D eigenvalue weighted by Crippen LogP contribution is -2.53. The van der Waals surface area contributed by atoms with Crippen LogP contribution >= 0.6 is 0 Å². The minimum Gasteiger partial charge on any atom is -0.467 e. The molecule has 3 atom stereocenters. The van der Waals surface area contributed by atoms with Crippen LogP contribution in [0.25, 0.3) is 0 Å². The van der Waals surface area contributed by atoms with Crippen molar-refractivity contribution < 1.29 is 23.9 Å². The highest BCUT2D eigenvalue weighted by Gasteiger charge is 2.56. The lowest BCUT2D eigenvalue weighted by atomic mass is 9.96. The van der Waals surface area contributed by atoms with E-state index in [2.05, 4.69) is 0 Å². The van der Waals surface area contributed by atoms with Gasteiger partial charge in [0.2, 0.25) is 5.91 Å². The van der Waals surface area contributed by atoms with Gasteiger partial charge in [-0.1, -0.05) is 18.2 Å². The number of fused-ring (bicyclic) bond motifs is 3. The van der Waals surface area contributed by atoms with Gasteiger partial charge in [-0.05, 0) is 18.1 Å². The van der Waals surface area contributed by atoms with E-state index in [1.54, 1.807) is 4.90 Å². The number of amides is 2. The van der Waals surface area contributed by atoms with Crippen molar-refractivity contribution in [3.8, 4) is 0 Å². The normalized spacial score (nSPS) is 24.9. The van der Waals surface area contributed by atoms with Crippen molar-refractivity contribution >= 4 is 23.7 Å². The Morgan fingerprint density at radius 2 is 1.83 bits per heavy atom. The second-order valence-electron chi connectivity index (χ2n) is 5.62. The largest absolute Gasteiger partial charge is 0.467 e. The van der Waals surface area contributed by atoms with Crippen molar-refractivity contribution in [3.63, 3.8) is 0 Å². The molecule has 0 saturated carbocycles. The van der Waals surface area contributed by atoms with Crippen LogP contribution in [0.2, 0.25) is 0 Å². The van der Waals surface area contributed by atoms with Gasteiger partial charge in [-0.3, -0.25) is 14.6 Å². The number of anilines is 1. The van der Waals surface area contributed by atoms with Gasteiger partial charge in [0, 0.05) is 18.5 Å². The smallest absolute Gasteiger partial charge is 0.411 e. The van der Waals surface area contributed by atoms with Gasteiger partial charge in [-0.15, -0.1) is 0 Å². The summed E-state index contributed by atoms with van der Waals surface area (Å²) in [6.45, 7) is 1.44. The van der Waals surface area contributed by atoms with Crippen LogP contribution in [0.4, 0.5) is 10.5 Å². The third kappa shape index (κ3) is 2.15. The van der Waals surface area contributed by atoms with E-state index < -0.39 is 24.3 Å². The standard InChI is InChI=1S/C16H18N2O5/c1-9(19)17-12-7-5-4-6-10(12)11-8-13(15(20)22-2)18(14(11)17)16(21)23-3/h4-7,11,13-14H,8H2,1-3H3/t11?,13-,14?/m0/s1. The Morgan fingerprint density at radius 3 is 2.43 bits per heavy atom. The zero-order valence-electron chi connectivity index (χ0n) is 13.2. The van der Waals surface area contributed by atoms with Crippen LogP contribution in [0.1, 0.15) is 24.8 Å². The van der Waals surface area contributed by atoms with E-state index in [-0.39, 0.29) is 11.8 Å². The second kappa shape index (κ2) is 5.57. The average Bonchev–Trinajstić information content (AvgIpc) is 3.07. The number of nitrogens with zero attached hydrogens (tertiary/aromatic N) is 2. The molecular formula is C16H18N2O5. The van der Waals surface area contributed by atoms with Gasteiger partial charge in [-0.2, -0.15) is 0 Å². The molecule has 0 aromatic heterocycles. The molecule has 3 rings (SSSR count). The molecule has 122 valence electrons. The van der Waals surface area contributed by atoms with Crippen LogP contribution in [0.5, 0.6) is 0 Å². The molecule has 2 aliphatic heterocycles. The molecule has 7 nitrogen and oxygen atoms in total. The first-order valence-corrected chi connectivity index (χ1v) is 7.34. The van der Waals surface area contributed by atoms with Gasteiger partial charge in [-0.25, -0.2) is 9.59 Å². The molecule has 0 aliphatic carbocycles. The second-order valence-corrected chi connectivity index (χ2v) is 5.62. The highest BCUT2D eigenvalue weighted by atomic mass is 16.5. The van der Waals surface area contributed by atoms with Crippen molar-refractivity contribution in [2.45, 2.75) is 31.5 Å². The van der Waals surface area contributed by atoms with Crippen molar-refractivity contribution in [2.24, 2.45) is 0 Å². The Hall–Kier alpha value is -2.57. The quantitative estimate of drug-likeness (QED) is 0.733. The molecule has 2 heterocycles. The number of esters is 1.